The number of fused-ring (bicyclic) bond motifs is 1. The molecule has 3 aromatic rings. The molecule has 1 unspecified atom stereocenters. The van der Waals surface area contributed by atoms with Gasteiger partial charge >= 0.3 is 6.18 Å². The van der Waals surface area contributed by atoms with Crippen LogP contribution in [0.1, 0.15) is 30.3 Å². The number of piperidine rings is 1. The van der Waals surface area contributed by atoms with Crippen molar-refractivity contribution in [3.8, 4) is 0 Å². The van der Waals surface area contributed by atoms with E-state index in [1.165, 1.54) is 6.07 Å². The lowest BCUT2D eigenvalue weighted by Crippen LogP contribution is -2.35. The van der Waals surface area contributed by atoms with Crippen LogP contribution in [0.4, 0.5) is 19.0 Å². The first kappa shape index (κ1) is 15.8. The molecule has 0 amide bonds. The van der Waals surface area contributed by atoms with Crippen molar-refractivity contribution in [2.45, 2.75) is 24.9 Å². The van der Waals surface area contributed by atoms with Crippen molar-refractivity contribution in [1.82, 2.24) is 24.8 Å². The third-order valence-corrected chi connectivity index (χ3v) is 4.39. The van der Waals surface area contributed by atoms with E-state index in [9.17, 15) is 13.2 Å². The van der Waals surface area contributed by atoms with E-state index >= 15 is 0 Å². The molecule has 130 valence electrons. The van der Waals surface area contributed by atoms with Gasteiger partial charge in [-0.25, -0.2) is 0 Å². The molecule has 4 heterocycles. The van der Waals surface area contributed by atoms with Gasteiger partial charge in [-0.2, -0.15) is 13.2 Å². The molecule has 0 bridgehead atoms. The van der Waals surface area contributed by atoms with Gasteiger partial charge in [0, 0.05) is 25.2 Å². The van der Waals surface area contributed by atoms with Crippen LogP contribution in [0, 0.1) is 0 Å². The number of aromatic nitrogens is 5. The van der Waals surface area contributed by atoms with Crippen LogP contribution in [0.3, 0.4) is 0 Å². The maximum absolute atomic E-state index is 12.6. The Morgan fingerprint density at radius 1 is 1.00 bits per heavy atom. The minimum atomic E-state index is -4.48. The Kier molecular flexibility index (Phi) is 3.78. The molecule has 1 atom stereocenters. The molecule has 1 saturated heterocycles. The van der Waals surface area contributed by atoms with E-state index in [2.05, 4.69) is 20.4 Å². The summed E-state index contributed by atoms with van der Waals surface area (Å²) in [4.78, 5) is 1.95. The third kappa shape index (κ3) is 3.01. The fourth-order valence-corrected chi connectivity index (χ4v) is 3.18. The van der Waals surface area contributed by atoms with Crippen molar-refractivity contribution >= 4 is 11.5 Å². The van der Waals surface area contributed by atoms with E-state index in [1.54, 1.807) is 0 Å². The smallest absolute Gasteiger partial charge is 0.354 e. The van der Waals surface area contributed by atoms with Gasteiger partial charge in [-0.3, -0.25) is 4.40 Å². The fraction of sp³-hybridized carbons (Fsp3) is 0.375. The van der Waals surface area contributed by atoms with Gasteiger partial charge in [0.25, 0.3) is 0 Å². The predicted molar refractivity (Wildman–Crippen MR) is 84.2 cm³/mol. The highest BCUT2D eigenvalue weighted by molar-refractivity contribution is 5.41. The van der Waals surface area contributed by atoms with E-state index in [-0.39, 0.29) is 5.92 Å². The summed E-state index contributed by atoms with van der Waals surface area (Å²) in [7, 11) is 0. The Morgan fingerprint density at radius 3 is 2.64 bits per heavy atom. The van der Waals surface area contributed by atoms with Crippen molar-refractivity contribution in [2.75, 3.05) is 18.0 Å². The molecular formula is C16H15F3N6. The fourth-order valence-electron chi connectivity index (χ4n) is 3.18. The van der Waals surface area contributed by atoms with E-state index < -0.39 is 11.9 Å². The molecule has 0 saturated carbocycles. The van der Waals surface area contributed by atoms with Crippen molar-refractivity contribution in [3.63, 3.8) is 0 Å². The summed E-state index contributed by atoms with van der Waals surface area (Å²) in [5.41, 5.74) is -0.197. The van der Waals surface area contributed by atoms with Crippen LogP contribution < -0.4 is 4.90 Å². The topological polar surface area (TPSA) is 59.2 Å². The second kappa shape index (κ2) is 5.98. The Bertz CT molecular complexity index is 873. The summed E-state index contributed by atoms with van der Waals surface area (Å²) >= 11 is 0. The van der Waals surface area contributed by atoms with E-state index in [4.69, 9.17) is 0 Å². The maximum Gasteiger partial charge on any atom is 0.435 e. The summed E-state index contributed by atoms with van der Waals surface area (Å²) in [5, 5.41) is 15.5. The lowest BCUT2D eigenvalue weighted by molar-refractivity contribution is -0.141. The zero-order valence-electron chi connectivity index (χ0n) is 13.2. The quantitative estimate of drug-likeness (QED) is 0.713. The second-order valence-electron chi connectivity index (χ2n) is 6.05. The normalized spacial score (nSPS) is 18.7. The Balaban J connectivity index is 1.57. The number of nitrogens with zero attached hydrogens (tertiary/aromatic N) is 6. The molecule has 9 heteroatoms. The summed E-state index contributed by atoms with van der Waals surface area (Å²) in [6.45, 7) is 1.35. The Morgan fingerprint density at radius 2 is 1.88 bits per heavy atom. The molecule has 1 aliphatic rings. The van der Waals surface area contributed by atoms with Crippen molar-refractivity contribution in [1.29, 1.82) is 0 Å². The number of halogens is 3. The molecular weight excluding hydrogens is 333 g/mol. The van der Waals surface area contributed by atoms with Crippen molar-refractivity contribution in [3.05, 3.63) is 48.0 Å². The van der Waals surface area contributed by atoms with Gasteiger partial charge < -0.3 is 4.90 Å². The number of anilines is 1. The lowest BCUT2D eigenvalue weighted by Gasteiger charge is -2.32. The molecule has 1 fully saturated rings. The summed E-state index contributed by atoms with van der Waals surface area (Å²) in [6.07, 6.45) is -0.715. The first-order valence-electron chi connectivity index (χ1n) is 7.98. The van der Waals surface area contributed by atoms with Gasteiger partial charge in [0.15, 0.2) is 17.2 Å². The molecule has 0 aliphatic carbocycles. The highest BCUT2D eigenvalue weighted by Crippen LogP contribution is 2.30. The molecule has 4 rings (SSSR count). The van der Waals surface area contributed by atoms with Gasteiger partial charge in [0.05, 0.1) is 0 Å². The Labute approximate surface area is 141 Å². The van der Waals surface area contributed by atoms with Crippen molar-refractivity contribution < 1.29 is 13.2 Å². The van der Waals surface area contributed by atoms with Crippen LogP contribution in [0.15, 0.2) is 36.5 Å². The zero-order chi connectivity index (χ0) is 17.4. The lowest BCUT2D eigenvalue weighted by atomic mass is 9.97. The number of hydrogen-bond donors (Lipinski definition) is 0. The van der Waals surface area contributed by atoms with Crippen LogP contribution in [-0.2, 0) is 6.18 Å². The van der Waals surface area contributed by atoms with Crippen LogP contribution in [0.2, 0.25) is 0 Å². The van der Waals surface area contributed by atoms with E-state index in [0.717, 1.165) is 36.9 Å². The maximum atomic E-state index is 12.6. The molecule has 0 aromatic carbocycles. The average molecular weight is 348 g/mol. The Hall–Kier alpha value is -2.71. The number of rotatable bonds is 2. The molecule has 3 aromatic heterocycles. The van der Waals surface area contributed by atoms with E-state index in [0.29, 0.717) is 12.4 Å². The average Bonchev–Trinajstić information content (AvgIpc) is 3.05. The largest absolute Gasteiger partial charge is 0.435 e. The highest BCUT2D eigenvalue weighted by Gasteiger charge is 2.33. The number of hydrogen-bond acceptors (Lipinski definition) is 5. The molecule has 25 heavy (non-hydrogen) atoms. The van der Waals surface area contributed by atoms with Crippen LogP contribution >= 0.6 is 0 Å². The molecule has 0 spiro atoms. The summed E-state index contributed by atoms with van der Waals surface area (Å²) in [6, 6.07) is 8.05. The van der Waals surface area contributed by atoms with E-state index in [1.807, 2.05) is 33.7 Å². The molecule has 0 N–H and O–H groups in total. The monoisotopic (exact) mass is 348 g/mol. The highest BCUT2D eigenvalue weighted by atomic mass is 19.4. The third-order valence-electron chi connectivity index (χ3n) is 4.39. The molecule has 0 radical (unpaired) electrons. The zero-order valence-corrected chi connectivity index (χ0v) is 13.2. The number of pyridine rings is 1. The SMILES string of the molecule is FC(F)(F)c1ccc(N2CCCC(c3nnc4ccccn34)C2)nn1. The van der Waals surface area contributed by atoms with Gasteiger partial charge in [-0.1, -0.05) is 6.07 Å². The second-order valence-corrected chi connectivity index (χ2v) is 6.05. The van der Waals surface area contributed by atoms with Crippen LogP contribution in [0.5, 0.6) is 0 Å². The van der Waals surface area contributed by atoms with Gasteiger partial charge in [0.2, 0.25) is 0 Å². The van der Waals surface area contributed by atoms with Gasteiger partial charge in [-0.15, -0.1) is 20.4 Å². The summed E-state index contributed by atoms with van der Waals surface area (Å²) < 4.78 is 39.8. The van der Waals surface area contributed by atoms with Gasteiger partial charge in [0.1, 0.15) is 5.82 Å². The summed E-state index contributed by atoms with van der Waals surface area (Å²) in [5.74, 6) is 1.45. The van der Waals surface area contributed by atoms with Crippen LogP contribution in [0.25, 0.3) is 5.65 Å². The van der Waals surface area contributed by atoms with Crippen LogP contribution in [-0.4, -0.2) is 37.9 Å². The standard InChI is InChI=1S/C16H15F3N6/c17-16(18,19)12-6-7-13(21-20-12)24-8-3-4-11(10-24)15-23-22-14-5-1-2-9-25(14)15/h1-2,5-7,9,11H,3-4,8,10H2. The molecule has 6 nitrogen and oxygen atoms in total. The minimum Gasteiger partial charge on any atom is -0.354 e. The first-order valence-corrected chi connectivity index (χ1v) is 7.98. The predicted octanol–water partition coefficient (Wildman–Crippen LogP) is 2.92. The van der Waals surface area contributed by atoms with Gasteiger partial charge in [-0.05, 0) is 37.1 Å². The number of alkyl halides is 3. The van der Waals surface area contributed by atoms with Crippen molar-refractivity contribution in [2.24, 2.45) is 0 Å². The molecule has 1 aliphatic heterocycles. The minimum absolute atomic E-state index is 0.134. The first-order chi connectivity index (χ1) is 12.0.